The maximum Gasteiger partial charge on any atom is 0.283 e. The van der Waals surface area contributed by atoms with E-state index in [1.54, 1.807) is 12.5 Å². The molecule has 19 heavy (non-hydrogen) atoms. The van der Waals surface area contributed by atoms with Crippen molar-refractivity contribution >= 4 is 32.4 Å². The van der Waals surface area contributed by atoms with Crippen LogP contribution < -0.4 is 10.9 Å². The van der Waals surface area contributed by atoms with Gasteiger partial charge in [-0.1, -0.05) is 13.8 Å². The van der Waals surface area contributed by atoms with Crippen molar-refractivity contribution in [2.45, 2.75) is 26.8 Å². The van der Waals surface area contributed by atoms with Crippen molar-refractivity contribution in [2.75, 3.05) is 23.9 Å². The number of nitrogens with zero attached hydrogens (tertiary/aromatic N) is 2. The minimum Gasteiger partial charge on any atom is -0.383 e. The number of hydrogen-bond donors (Lipinski definition) is 1. The number of aromatic nitrogens is 2. The van der Waals surface area contributed by atoms with Gasteiger partial charge in [0.25, 0.3) is 5.56 Å². The van der Waals surface area contributed by atoms with E-state index in [0.29, 0.717) is 34.9 Å². The number of anilines is 1. The van der Waals surface area contributed by atoms with Crippen LogP contribution in [-0.2, 0) is 17.3 Å². The highest BCUT2D eigenvalue weighted by Crippen LogP contribution is 2.16. The third-order valence-electron chi connectivity index (χ3n) is 2.45. The minimum absolute atomic E-state index is 0.127. The summed E-state index contributed by atoms with van der Waals surface area (Å²) in [4.78, 5) is 12.0. The molecule has 1 heterocycles. The van der Waals surface area contributed by atoms with E-state index in [1.165, 1.54) is 4.68 Å². The molecule has 108 valence electrons. The van der Waals surface area contributed by atoms with Gasteiger partial charge in [-0.2, -0.15) is 5.10 Å². The van der Waals surface area contributed by atoms with Crippen molar-refractivity contribution in [1.29, 1.82) is 0 Å². The normalized spacial score (nSPS) is 12.7. The molecule has 0 saturated carbocycles. The Kier molecular flexibility index (Phi) is 6.71. The van der Waals surface area contributed by atoms with Gasteiger partial charge in [0.2, 0.25) is 0 Å². The highest BCUT2D eigenvalue weighted by molar-refractivity contribution is 9.10. The quantitative estimate of drug-likeness (QED) is 0.763. The molecule has 0 amide bonds. The fraction of sp³-hybridized carbons (Fsp3) is 0.667. The van der Waals surface area contributed by atoms with Crippen LogP contribution in [0.1, 0.15) is 20.3 Å². The van der Waals surface area contributed by atoms with Crippen LogP contribution in [0.3, 0.4) is 0 Å². The summed E-state index contributed by atoms with van der Waals surface area (Å²) in [6, 6.07) is 0. The topological polar surface area (TPSA) is 64.0 Å². The molecule has 1 aromatic heterocycles. The molecule has 0 radical (unpaired) electrons. The Morgan fingerprint density at radius 1 is 1.53 bits per heavy atom. The van der Waals surface area contributed by atoms with Crippen molar-refractivity contribution in [3.63, 3.8) is 0 Å². The first kappa shape index (κ1) is 16.4. The van der Waals surface area contributed by atoms with E-state index < -0.39 is 10.8 Å². The first-order valence-electron chi connectivity index (χ1n) is 6.21. The van der Waals surface area contributed by atoms with Gasteiger partial charge in [0.05, 0.1) is 11.9 Å². The molecule has 0 fully saturated rings. The van der Waals surface area contributed by atoms with Crippen LogP contribution in [0.5, 0.6) is 0 Å². The van der Waals surface area contributed by atoms with E-state index >= 15 is 0 Å². The molecule has 0 aliphatic carbocycles. The smallest absolute Gasteiger partial charge is 0.283 e. The van der Waals surface area contributed by atoms with Crippen LogP contribution in [0.25, 0.3) is 0 Å². The van der Waals surface area contributed by atoms with E-state index in [-0.39, 0.29) is 5.56 Å². The molecule has 7 heteroatoms. The average molecular weight is 350 g/mol. The van der Waals surface area contributed by atoms with Crippen molar-refractivity contribution in [3.05, 3.63) is 21.0 Å². The molecule has 1 N–H and O–H groups in total. The van der Waals surface area contributed by atoms with Crippen molar-refractivity contribution in [3.8, 4) is 0 Å². The van der Waals surface area contributed by atoms with Crippen LogP contribution in [-0.4, -0.2) is 32.5 Å². The molecular weight excluding hydrogens is 330 g/mol. The SMILES string of the molecule is CC(C)Cn1ncc(NCCCS(C)=O)c(Br)c1=O. The van der Waals surface area contributed by atoms with Gasteiger partial charge in [0.15, 0.2) is 0 Å². The van der Waals surface area contributed by atoms with E-state index in [9.17, 15) is 9.00 Å². The maximum absolute atomic E-state index is 12.0. The molecule has 0 aromatic carbocycles. The monoisotopic (exact) mass is 349 g/mol. The Balaban J connectivity index is 2.68. The zero-order chi connectivity index (χ0) is 14.4. The lowest BCUT2D eigenvalue weighted by atomic mass is 10.2. The van der Waals surface area contributed by atoms with Crippen LogP contribution >= 0.6 is 15.9 Å². The Morgan fingerprint density at radius 2 is 2.21 bits per heavy atom. The molecule has 0 saturated heterocycles. The second kappa shape index (κ2) is 7.79. The zero-order valence-corrected chi connectivity index (χ0v) is 13.9. The lowest BCUT2D eigenvalue weighted by Crippen LogP contribution is -2.26. The summed E-state index contributed by atoms with van der Waals surface area (Å²) in [5.41, 5.74) is 0.560. The minimum atomic E-state index is -0.777. The number of rotatable bonds is 7. The number of nitrogens with one attached hydrogen (secondary N) is 1. The number of hydrogen-bond acceptors (Lipinski definition) is 4. The molecule has 0 aliphatic rings. The van der Waals surface area contributed by atoms with Gasteiger partial charge < -0.3 is 5.32 Å². The van der Waals surface area contributed by atoms with Gasteiger partial charge in [-0.15, -0.1) is 0 Å². The van der Waals surface area contributed by atoms with Crippen LogP contribution in [0.4, 0.5) is 5.69 Å². The van der Waals surface area contributed by atoms with Crippen LogP contribution in [0, 0.1) is 5.92 Å². The Bertz CT molecular complexity index is 502. The second-order valence-corrected chi connectivity index (χ2v) is 7.16. The number of halogens is 1. The van der Waals surface area contributed by atoms with Gasteiger partial charge in [-0.25, -0.2) is 4.68 Å². The van der Waals surface area contributed by atoms with Crippen molar-refractivity contribution in [2.24, 2.45) is 5.92 Å². The standard InChI is InChI=1S/C12H20BrN3O2S/c1-9(2)8-16-12(17)11(13)10(7-15-16)14-5-4-6-19(3)18/h7,9,14H,4-6,8H2,1-3H3. The summed E-state index contributed by atoms with van der Waals surface area (Å²) in [5.74, 6) is 1.03. The van der Waals surface area contributed by atoms with Crippen molar-refractivity contribution < 1.29 is 4.21 Å². The van der Waals surface area contributed by atoms with Gasteiger partial charge in [-0.05, 0) is 28.3 Å². The van der Waals surface area contributed by atoms with Gasteiger partial charge in [0.1, 0.15) is 4.47 Å². The summed E-state index contributed by atoms with van der Waals surface area (Å²) in [6.07, 6.45) is 4.13. The summed E-state index contributed by atoms with van der Waals surface area (Å²) < 4.78 is 12.9. The van der Waals surface area contributed by atoms with E-state index in [2.05, 4.69) is 26.3 Å². The molecule has 1 rings (SSSR count). The first-order valence-corrected chi connectivity index (χ1v) is 8.73. The van der Waals surface area contributed by atoms with Crippen LogP contribution in [0.2, 0.25) is 0 Å². The highest BCUT2D eigenvalue weighted by atomic mass is 79.9. The largest absolute Gasteiger partial charge is 0.383 e. The van der Waals surface area contributed by atoms with Gasteiger partial charge in [0, 0.05) is 35.9 Å². The average Bonchev–Trinajstić information content (AvgIpc) is 2.32. The van der Waals surface area contributed by atoms with Gasteiger partial charge >= 0.3 is 0 Å². The second-order valence-electron chi connectivity index (χ2n) is 4.81. The van der Waals surface area contributed by atoms with Crippen LogP contribution in [0.15, 0.2) is 15.5 Å². The summed E-state index contributed by atoms with van der Waals surface area (Å²) in [5, 5.41) is 7.28. The van der Waals surface area contributed by atoms with Gasteiger partial charge in [-0.3, -0.25) is 9.00 Å². The predicted octanol–water partition coefficient (Wildman–Crippen LogP) is 1.84. The third kappa shape index (κ3) is 5.44. The first-order chi connectivity index (χ1) is 8.91. The Morgan fingerprint density at radius 3 is 2.79 bits per heavy atom. The Labute approximate surface area is 124 Å². The molecule has 1 aromatic rings. The predicted molar refractivity (Wildman–Crippen MR) is 83.1 cm³/mol. The molecule has 0 bridgehead atoms. The molecule has 0 aliphatic heterocycles. The lowest BCUT2D eigenvalue weighted by Gasteiger charge is -2.11. The Hall–Kier alpha value is -0.690. The summed E-state index contributed by atoms with van der Waals surface area (Å²) in [6.45, 7) is 5.36. The lowest BCUT2D eigenvalue weighted by molar-refractivity contribution is 0.462. The molecule has 5 nitrogen and oxygen atoms in total. The van der Waals surface area contributed by atoms with E-state index in [4.69, 9.17) is 0 Å². The fourth-order valence-electron chi connectivity index (χ4n) is 1.56. The van der Waals surface area contributed by atoms with Crippen molar-refractivity contribution in [1.82, 2.24) is 9.78 Å². The van der Waals surface area contributed by atoms with E-state index in [1.807, 2.05) is 13.8 Å². The molecule has 1 atom stereocenters. The zero-order valence-electron chi connectivity index (χ0n) is 11.5. The summed E-state index contributed by atoms with van der Waals surface area (Å²) >= 11 is 3.31. The van der Waals surface area contributed by atoms with E-state index in [0.717, 1.165) is 6.42 Å². The molecule has 1 unspecified atom stereocenters. The molecule has 0 spiro atoms. The molecular formula is C12H20BrN3O2S. The highest BCUT2D eigenvalue weighted by Gasteiger charge is 2.09. The summed E-state index contributed by atoms with van der Waals surface area (Å²) in [7, 11) is -0.777. The fourth-order valence-corrected chi connectivity index (χ4v) is 2.56. The third-order valence-corrected chi connectivity index (χ3v) is 4.08. The maximum atomic E-state index is 12.0.